The van der Waals surface area contributed by atoms with Gasteiger partial charge in [0.15, 0.2) is 0 Å². The van der Waals surface area contributed by atoms with Crippen molar-refractivity contribution in [3.8, 4) is 0 Å². The molecule has 0 rings (SSSR count). The van der Waals surface area contributed by atoms with E-state index in [1.54, 1.807) is 12.5 Å². The second-order valence-corrected chi connectivity index (χ2v) is 2.58. The third-order valence-corrected chi connectivity index (χ3v) is 0.623. The van der Waals surface area contributed by atoms with Gasteiger partial charge in [0, 0.05) is 0 Å². The largest absolute Gasteiger partial charge is 0.299 e. The molecule has 10 heavy (non-hydrogen) atoms. The lowest BCUT2D eigenvalue weighted by molar-refractivity contribution is -0.197. The zero-order valence-electron chi connectivity index (χ0n) is 6.97. The quantitative estimate of drug-likeness (QED) is 0.261. The molecule has 0 aliphatic carbocycles. The summed E-state index contributed by atoms with van der Waals surface area (Å²) in [6, 6.07) is 0. The van der Waals surface area contributed by atoms with Crippen molar-refractivity contribution in [1.82, 2.24) is 0 Å². The van der Waals surface area contributed by atoms with Crippen LogP contribution in [0, 0.1) is 0 Å². The van der Waals surface area contributed by atoms with Crippen LogP contribution in [0.1, 0.15) is 27.7 Å². The number of allylic oxidation sites excluding steroid dienone is 2. The van der Waals surface area contributed by atoms with Crippen LogP contribution in [0.4, 0.5) is 0 Å². The number of rotatable bonds is 3. The van der Waals surface area contributed by atoms with Gasteiger partial charge in [-0.05, 0) is 38.8 Å². The standard InChI is InChI=1S/C8H14O2/c1-7(2)5-9-10-6-8(3)4/h5-6H,1-4H3. The maximum Gasteiger partial charge on any atom is 0.141 e. The van der Waals surface area contributed by atoms with E-state index in [9.17, 15) is 0 Å². The van der Waals surface area contributed by atoms with Crippen LogP contribution in [0.15, 0.2) is 23.7 Å². The zero-order chi connectivity index (χ0) is 7.98. The fourth-order valence-corrected chi connectivity index (χ4v) is 0.248. The Morgan fingerprint density at radius 3 is 1.30 bits per heavy atom. The number of hydrogen-bond acceptors (Lipinski definition) is 2. The van der Waals surface area contributed by atoms with Crippen LogP contribution >= 0.6 is 0 Å². The molecule has 0 heterocycles. The molecule has 58 valence electrons. The van der Waals surface area contributed by atoms with Gasteiger partial charge in [-0.3, -0.25) is 9.78 Å². The average Bonchev–Trinajstić information content (AvgIpc) is 1.79. The minimum atomic E-state index is 1.07. The van der Waals surface area contributed by atoms with Crippen LogP contribution in [0.2, 0.25) is 0 Å². The Bertz CT molecular complexity index is 119. The lowest BCUT2D eigenvalue weighted by atomic mass is 10.4. The van der Waals surface area contributed by atoms with Crippen LogP contribution in [0.25, 0.3) is 0 Å². The molecular weight excluding hydrogens is 128 g/mol. The SMILES string of the molecule is CC(C)=COOC=C(C)C. The third kappa shape index (κ3) is 7.08. The summed E-state index contributed by atoms with van der Waals surface area (Å²) in [6.07, 6.45) is 3.11. The highest BCUT2D eigenvalue weighted by atomic mass is 17.2. The Labute approximate surface area is 62.1 Å². The predicted octanol–water partition coefficient (Wildman–Crippen LogP) is 2.78. The minimum absolute atomic E-state index is 1.07. The van der Waals surface area contributed by atoms with E-state index in [0.29, 0.717) is 0 Å². The summed E-state index contributed by atoms with van der Waals surface area (Å²) in [5.41, 5.74) is 2.14. The molecule has 0 aromatic heterocycles. The van der Waals surface area contributed by atoms with E-state index in [4.69, 9.17) is 0 Å². The first-order valence-electron chi connectivity index (χ1n) is 3.22. The second kappa shape index (κ2) is 4.91. The molecule has 0 saturated carbocycles. The molecule has 0 aliphatic rings. The Hall–Kier alpha value is -0.920. The second-order valence-electron chi connectivity index (χ2n) is 2.58. The van der Waals surface area contributed by atoms with Gasteiger partial charge in [0.25, 0.3) is 0 Å². The van der Waals surface area contributed by atoms with Crippen LogP contribution in [-0.2, 0) is 9.78 Å². The molecule has 0 aliphatic heterocycles. The normalized spacial score (nSPS) is 8.00. The number of hydrogen-bond donors (Lipinski definition) is 0. The highest BCUT2D eigenvalue weighted by Gasteiger charge is 1.78. The van der Waals surface area contributed by atoms with Gasteiger partial charge in [0.2, 0.25) is 0 Å². The summed E-state index contributed by atoms with van der Waals surface area (Å²) in [5, 5.41) is 0. The van der Waals surface area contributed by atoms with Gasteiger partial charge < -0.3 is 0 Å². The molecule has 0 spiro atoms. The molecule has 0 bridgehead atoms. The smallest absolute Gasteiger partial charge is 0.141 e. The first-order chi connectivity index (χ1) is 4.63. The molecule has 0 atom stereocenters. The molecular formula is C8H14O2. The van der Waals surface area contributed by atoms with Crippen molar-refractivity contribution in [2.45, 2.75) is 27.7 Å². The Balaban J connectivity index is 3.39. The summed E-state index contributed by atoms with van der Waals surface area (Å²) in [4.78, 5) is 9.33. The lowest BCUT2D eigenvalue weighted by Crippen LogP contribution is -1.79. The highest BCUT2D eigenvalue weighted by molar-refractivity contribution is 4.87. The van der Waals surface area contributed by atoms with E-state index in [1.807, 2.05) is 27.7 Å². The van der Waals surface area contributed by atoms with Crippen molar-refractivity contribution >= 4 is 0 Å². The maximum atomic E-state index is 4.67. The molecule has 0 unspecified atom stereocenters. The Kier molecular flexibility index (Phi) is 4.46. The monoisotopic (exact) mass is 142 g/mol. The summed E-state index contributed by atoms with van der Waals surface area (Å²) >= 11 is 0. The van der Waals surface area contributed by atoms with Crippen molar-refractivity contribution in [2.75, 3.05) is 0 Å². The topological polar surface area (TPSA) is 18.5 Å². The zero-order valence-corrected chi connectivity index (χ0v) is 6.97. The van der Waals surface area contributed by atoms with Crippen LogP contribution in [0.5, 0.6) is 0 Å². The first kappa shape index (κ1) is 9.08. The van der Waals surface area contributed by atoms with Crippen molar-refractivity contribution in [2.24, 2.45) is 0 Å². The van der Waals surface area contributed by atoms with E-state index >= 15 is 0 Å². The molecule has 0 N–H and O–H groups in total. The van der Waals surface area contributed by atoms with E-state index < -0.39 is 0 Å². The van der Waals surface area contributed by atoms with Crippen molar-refractivity contribution in [3.63, 3.8) is 0 Å². The van der Waals surface area contributed by atoms with E-state index in [0.717, 1.165) is 11.1 Å². The first-order valence-corrected chi connectivity index (χ1v) is 3.22. The molecule has 0 fully saturated rings. The minimum Gasteiger partial charge on any atom is -0.299 e. The van der Waals surface area contributed by atoms with Crippen LogP contribution < -0.4 is 0 Å². The van der Waals surface area contributed by atoms with Gasteiger partial charge in [-0.25, -0.2) is 0 Å². The molecule has 2 heteroatoms. The predicted molar refractivity (Wildman–Crippen MR) is 41.0 cm³/mol. The Morgan fingerprint density at radius 2 is 1.10 bits per heavy atom. The highest BCUT2D eigenvalue weighted by Crippen LogP contribution is 1.93. The third-order valence-electron chi connectivity index (χ3n) is 0.623. The summed E-state index contributed by atoms with van der Waals surface area (Å²) in [7, 11) is 0. The molecule has 0 radical (unpaired) electrons. The van der Waals surface area contributed by atoms with Gasteiger partial charge in [-0.1, -0.05) is 0 Å². The molecule has 0 saturated heterocycles. The van der Waals surface area contributed by atoms with E-state index in [1.165, 1.54) is 0 Å². The van der Waals surface area contributed by atoms with E-state index in [2.05, 4.69) is 9.78 Å². The van der Waals surface area contributed by atoms with Crippen LogP contribution in [-0.4, -0.2) is 0 Å². The fourth-order valence-electron chi connectivity index (χ4n) is 0.248. The van der Waals surface area contributed by atoms with Crippen molar-refractivity contribution in [3.05, 3.63) is 23.7 Å². The molecule has 0 amide bonds. The molecule has 0 aromatic rings. The summed E-state index contributed by atoms with van der Waals surface area (Å²) in [6.45, 7) is 7.75. The molecule has 0 aromatic carbocycles. The average molecular weight is 142 g/mol. The Morgan fingerprint density at radius 1 is 0.800 bits per heavy atom. The maximum absolute atomic E-state index is 4.67. The summed E-state index contributed by atoms with van der Waals surface area (Å²) in [5.74, 6) is 0. The van der Waals surface area contributed by atoms with Gasteiger partial charge in [-0.15, -0.1) is 0 Å². The van der Waals surface area contributed by atoms with Gasteiger partial charge in [0.05, 0.1) is 0 Å². The van der Waals surface area contributed by atoms with Crippen molar-refractivity contribution in [1.29, 1.82) is 0 Å². The van der Waals surface area contributed by atoms with E-state index in [-0.39, 0.29) is 0 Å². The van der Waals surface area contributed by atoms with Gasteiger partial charge in [-0.2, -0.15) is 0 Å². The van der Waals surface area contributed by atoms with Gasteiger partial charge >= 0.3 is 0 Å². The van der Waals surface area contributed by atoms with Gasteiger partial charge in [0.1, 0.15) is 12.5 Å². The fraction of sp³-hybridized carbons (Fsp3) is 0.500. The van der Waals surface area contributed by atoms with Crippen molar-refractivity contribution < 1.29 is 9.78 Å². The lowest BCUT2D eigenvalue weighted by Gasteiger charge is -1.95. The van der Waals surface area contributed by atoms with Crippen LogP contribution in [0.3, 0.4) is 0 Å². The summed E-state index contributed by atoms with van der Waals surface area (Å²) < 4.78 is 0. The molecule has 2 nitrogen and oxygen atoms in total.